The van der Waals surface area contributed by atoms with Gasteiger partial charge in [-0.2, -0.15) is 9.67 Å². The molecule has 1 aromatic carbocycles. The first kappa shape index (κ1) is 20.7. The average Bonchev–Trinajstić information content (AvgIpc) is 3.18. The summed E-state index contributed by atoms with van der Waals surface area (Å²) in [5.74, 6) is -1.44. The van der Waals surface area contributed by atoms with Crippen LogP contribution in [0.3, 0.4) is 0 Å². The Morgan fingerprint density at radius 1 is 1.36 bits per heavy atom. The predicted molar refractivity (Wildman–Crippen MR) is 120 cm³/mol. The summed E-state index contributed by atoms with van der Waals surface area (Å²) in [6, 6.07) is 2.38. The van der Waals surface area contributed by atoms with Crippen LogP contribution in [0.2, 0.25) is 0 Å². The second kappa shape index (κ2) is 8.96. The molecule has 0 bridgehead atoms. The predicted octanol–water partition coefficient (Wildman–Crippen LogP) is 5.50. The summed E-state index contributed by atoms with van der Waals surface area (Å²) in [7, 11) is 0. The van der Waals surface area contributed by atoms with Crippen molar-refractivity contribution in [2.75, 3.05) is 5.73 Å². The molecular weight excluding hydrogens is 494 g/mol. The van der Waals surface area contributed by atoms with Gasteiger partial charge in [-0.15, -0.1) is 5.10 Å². The minimum Gasteiger partial charge on any atom is -0.396 e. The number of hydrogen-bond acceptors (Lipinski definition) is 4. The molecule has 0 saturated carbocycles. The number of benzene rings is 1. The van der Waals surface area contributed by atoms with Gasteiger partial charge in [0.1, 0.15) is 11.5 Å². The SMILES string of the molecule is C=CN1C=C(c2c(F)ccc(N)c2F)C=C/C1=C(/CCC)c1cnn(PI)n1. The molecule has 9 heteroatoms. The molecular formula is C19H19F2IN5P. The Kier molecular flexibility index (Phi) is 6.61. The Balaban J connectivity index is 2.09. The van der Waals surface area contributed by atoms with E-state index in [1.165, 1.54) is 6.07 Å². The van der Waals surface area contributed by atoms with E-state index >= 15 is 0 Å². The Morgan fingerprint density at radius 2 is 2.14 bits per heavy atom. The van der Waals surface area contributed by atoms with Crippen molar-refractivity contribution >= 4 is 45.2 Å². The summed E-state index contributed by atoms with van der Waals surface area (Å²) in [5, 5.41) is 8.77. The fourth-order valence-corrected chi connectivity index (χ4v) is 3.93. The standard InChI is InChI=1S/C19H19F2IN5P/c1-3-5-13(16-10-24-27(25-16)28-22)17-9-6-12(11-26(17)4-2)18-14(20)7-8-15(23)19(18)21/h4,6-11,28H,2-3,5,23H2,1H3/b17-13+. The maximum absolute atomic E-state index is 14.4. The van der Waals surface area contributed by atoms with Gasteiger partial charge in [-0.3, -0.25) is 0 Å². The second-order valence-electron chi connectivity index (χ2n) is 6.05. The molecule has 1 aromatic heterocycles. The third-order valence-electron chi connectivity index (χ3n) is 4.27. The normalized spacial score (nSPS) is 16.0. The van der Waals surface area contributed by atoms with Crippen LogP contribution in [0, 0.1) is 11.6 Å². The molecule has 1 atom stereocenters. The van der Waals surface area contributed by atoms with E-state index in [9.17, 15) is 8.78 Å². The lowest BCUT2D eigenvalue weighted by molar-refractivity contribution is 0.578. The summed E-state index contributed by atoms with van der Waals surface area (Å²) in [6.45, 7) is 5.92. The van der Waals surface area contributed by atoms with Gasteiger partial charge in [-0.25, -0.2) is 8.78 Å². The molecule has 0 spiro atoms. The van der Waals surface area contributed by atoms with E-state index in [-0.39, 0.29) is 11.3 Å². The molecule has 5 nitrogen and oxygen atoms in total. The number of nitrogens with zero attached hydrogens (tertiary/aromatic N) is 4. The highest BCUT2D eigenvalue weighted by atomic mass is 127. The fourth-order valence-electron chi connectivity index (χ4n) is 2.99. The highest BCUT2D eigenvalue weighted by molar-refractivity contribution is 14.2. The number of allylic oxidation sites excluding steroid dienone is 4. The molecule has 2 heterocycles. The molecule has 0 amide bonds. The van der Waals surface area contributed by atoms with Crippen LogP contribution < -0.4 is 5.73 Å². The van der Waals surface area contributed by atoms with Crippen LogP contribution in [0.15, 0.2) is 55.2 Å². The van der Waals surface area contributed by atoms with Crippen molar-refractivity contribution in [2.45, 2.75) is 19.8 Å². The first-order chi connectivity index (χ1) is 13.5. The van der Waals surface area contributed by atoms with E-state index in [4.69, 9.17) is 5.73 Å². The Labute approximate surface area is 177 Å². The highest BCUT2D eigenvalue weighted by Gasteiger charge is 2.21. The van der Waals surface area contributed by atoms with Crippen molar-refractivity contribution < 1.29 is 8.78 Å². The van der Waals surface area contributed by atoms with Crippen LogP contribution >= 0.6 is 28.4 Å². The zero-order valence-electron chi connectivity index (χ0n) is 15.2. The van der Waals surface area contributed by atoms with E-state index in [0.29, 0.717) is 11.9 Å². The smallest absolute Gasteiger partial charge is 0.156 e. The molecule has 3 rings (SSSR count). The minimum absolute atomic E-state index is 0.0971. The molecule has 1 aliphatic rings. The largest absolute Gasteiger partial charge is 0.396 e. The monoisotopic (exact) mass is 513 g/mol. The molecule has 1 aliphatic heterocycles. The van der Waals surface area contributed by atoms with E-state index in [0.717, 1.165) is 35.9 Å². The Bertz CT molecular complexity index is 996. The summed E-state index contributed by atoms with van der Waals surface area (Å²) < 4.78 is 30.4. The molecule has 0 fully saturated rings. The third-order valence-corrected chi connectivity index (χ3v) is 5.93. The maximum atomic E-state index is 14.4. The van der Waals surface area contributed by atoms with Crippen molar-refractivity contribution in [2.24, 2.45) is 0 Å². The van der Waals surface area contributed by atoms with Crippen LogP contribution in [0.25, 0.3) is 11.1 Å². The molecule has 28 heavy (non-hydrogen) atoms. The number of anilines is 1. The lowest BCUT2D eigenvalue weighted by Crippen LogP contribution is -2.14. The van der Waals surface area contributed by atoms with Crippen LogP contribution in [0.4, 0.5) is 14.5 Å². The summed E-state index contributed by atoms with van der Waals surface area (Å²) in [5.41, 5.74) is 8.34. The molecule has 2 aromatic rings. The Hall–Kier alpha value is -2.06. The van der Waals surface area contributed by atoms with E-state index in [1.54, 1.807) is 34.1 Å². The number of hydrogen-bond donors (Lipinski definition) is 1. The summed E-state index contributed by atoms with van der Waals surface area (Å²) in [6.07, 6.45) is 10.6. The minimum atomic E-state index is -0.771. The van der Waals surface area contributed by atoms with Crippen LogP contribution in [0.5, 0.6) is 0 Å². The number of aromatic nitrogens is 3. The first-order valence-corrected chi connectivity index (χ1v) is 12.6. The van der Waals surface area contributed by atoms with Crippen molar-refractivity contribution in [3.63, 3.8) is 0 Å². The van der Waals surface area contributed by atoms with Gasteiger partial charge in [0.15, 0.2) is 5.82 Å². The third kappa shape index (κ3) is 4.03. The first-order valence-electron chi connectivity index (χ1n) is 8.57. The van der Waals surface area contributed by atoms with Crippen LogP contribution in [-0.4, -0.2) is 19.7 Å². The molecule has 1 unspecified atom stereocenters. The van der Waals surface area contributed by atoms with Gasteiger partial charge < -0.3 is 10.6 Å². The molecule has 146 valence electrons. The van der Waals surface area contributed by atoms with Crippen molar-refractivity contribution in [3.05, 3.63) is 78.0 Å². The number of nitrogen functional groups attached to an aromatic ring is 1. The van der Waals surface area contributed by atoms with Gasteiger partial charge in [0.2, 0.25) is 0 Å². The lowest BCUT2D eigenvalue weighted by atomic mass is 9.98. The zero-order valence-corrected chi connectivity index (χ0v) is 18.3. The van der Waals surface area contributed by atoms with Gasteiger partial charge in [0, 0.05) is 23.5 Å². The quantitative estimate of drug-likeness (QED) is 0.315. The zero-order chi connectivity index (χ0) is 20.3. The average molecular weight is 513 g/mol. The van der Waals surface area contributed by atoms with E-state index < -0.39 is 11.6 Å². The van der Waals surface area contributed by atoms with Gasteiger partial charge in [-0.05, 0) is 46.7 Å². The molecule has 0 aliphatic carbocycles. The van der Waals surface area contributed by atoms with Crippen LogP contribution in [0.1, 0.15) is 31.0 Å². The Morgan fingerprint density at radius 3 is 2.79 bits per heavy atom. The topological polar surface area (TPSA) is 60.0 Å². The van der Waals surface area contributed by atoms with Gasteiger partial charge >= 0.3 is 0 Å². The van der Waals surface area contributed by atoms with Gasteiger partial charge in [0.05, 0.1) is 29.5 Å². The van der Waals surface area contributed by atoms with E-state index in [1.807, 2.05) is 6.08 Å². The number of halogens is 3. The maximum Gasteiger partial charge on any atom is 0.156 e. The van der Waals surface area contributed by atoms with Crippen molar-refractivity contribution in [1.29, 1.82) is 0 Å². The lowest BCUT2D eigenvalue weighted by Gasteiger charge is -2.25. The number of nitrogens with two attached hydrogens (primary N) is 1. The van der Waals surface area contributed by atoms with E-state index in [2.05, 4.69) is 45.7 Å². The van der Waals surface area contributed by atoms with Crippen molar-refractivity contribution in [1.82, 2.24) is 19.7 Å². The summed E-state index contributed by atoms with van der Waals surface area (Å²) in [4.78, 5) is 1.74. The second-order valence-corrected chi connectivity index (χ2v) is 8.07. The number of rotatable bonds is 6. The molecule has 2 N–H and O–H groups in total. The molecule has 0 saturated heterocycles. The fraction of sp³-hybridized carbons (Fsp3) is 0.158. The summed E-state index contributed by atoms with van der Waals surface area (Å²) >= 11 is 2.21. The van der Waals surface area contributed by atoms with Gasteiger partial charge in [-0.1, -0.05) is 26.0 Å². The van der Waals surface area contributed by atoms with Crippen molar-refractivity contribution in [3.8, 4) is 0 Å². The van der Waals surface area contributed by atoms with Crippen LogP contribution in [-0.2, 0) is 0 Å². The molecule has 0 radical (unpaired) electrons. The van der Waals surface area contributed by atoms with Gasteiger partial charge in [0.25, 0.3) is 0 Å². The highest BCUT2D eigenvalue weighted by Crippen LogP contribution is 2.34.